The van der Waals surface area contributed by atoms with Gasteiger partial charge in [-0.15, -0.1) is 0 Å². The van der Waals surface area contributed by atoms with Crippen molar-refractivity contribution in [2.24, 2.45) is 7.05 Å². The molecule has 0 spiro atoms. The summed E-state index contributed by atoms with van der Waals surface area (Å²) in [5, 5.41) is 21.2. The zero-order valence-electron chi connectivity index (χ0n) is 27.3. The van der Waals surface area contributed by atoms with Crippen LogP contribution >= 0.6 is 0 Å². The van der Waals surface area contributed by atoms with Crippen LogP contribution in [-0.4, -0.2) is 47.7 Å². The second-order valence-electron chi connectivity index (χ2n) is 13.1. The summed E-state index contributed by atoms with van der Waals surface area (Å²) in [6.45, 7) is 9.55. The highest BCUT2D eigenvalue weighted by molar-refractivity contribution is 5.96. The second-order valence-corrected chi connectivity index (χ2v) is 13.1. The van der Waals surface area contributed by atoms with Gasteiger partial charge in [0, 0.05) is 40.4 Å². The SMILES string of the molecule is Cc1nc2c(-c3ccc4c(cnn4C)c3)c(-c3ccccc3)nn2c(-c2cc(F)c3c(c2C)CCCO3)c1C(OC(C)(C)C)C(=O)O. The average molecular weight is 634 g/mol. The fourth-order valence-electron chi connectivity index (χ4n) is 6.62. The molecule has 240 valence electrons. The van der Waals surface area contributed by atoms with Gasteiger partial charge in [0.1, 0.15) is 5.69 Å². The van der Waals surface area contributed by atoms with E-state index in [1.165, 1.54) is 6.07 Å². The Kier molecular flexibility index (Phi) is 7.35. The molecule has 0 aliphatic carbocycles. The number of hydrogen-bond acceptors (Lipinski definition) is 6. The van der Waals surface area contributed by atoms with Crippen LogP contribution in [-0.2, 0) is 23.0 Å². The maximum Gasteiger partial charge on any atom is 0.337 e. The molecule has 0 bridgehead atoms. The van der Waals surface area contributed by atoms with Gasteiger partial charge < -0.3 is 14.6 Å². The van der Waals surface area contributed by atoms with Crippen LogP contribution in [0, 0.1) is 19.7 Å². The van der Waals surface area contributed by atoms with Gasteiger partial charge in [-0.3, -0.25) is 4.68 Å². The van der Waals surface area contributed by atoms with Crippen molar-refractivity contribution in [1.29, 1.82) is 0 Å². The van der Waals surface area contributed by atoms with E-state index in [0.717, 1.165) is 45.1 Å². The van der Waals surface area contributed by atoms with Gasteiger partial charge in [-0.25, -0.2) is 18.7 Å². The molecular formula is C37H36FN5O4. The van der Waals surface area contributed by atoms with Crippen molar-refractivity contribution in [3.63, 3.8) is 0 Å². The first-order valence-corrected chi connectivity index (χ1v) is 15.7. The van der Waals surface area contributed by atoms with E-state index in [-0.39, 0.29) is 5.75 Å². The normalized spacial score (nSPS) is 13.9. The second kappa shape index (κ2) is 11.3. The summed E-state index contributed by atoms with van der Waals surface area (Å²) < 4.78 is 31.4. The Labute approximate surface area is 271 Å². The number of ether oxygens (including phenoxy) is 2. The Hall–Kier alpha value is -5.09. The van der Waals surface area contributed by atoms with E-state index in [0.29, 0.717) is 46.9 Å². The number of carboxylic acid groups (broad SMARTS) is 1. The number of rotatable bonds is 6. The third kappa shape index (κ3) is 5.22. The summed E-state index contributed by atoms with van der Waals surface area (Å²) in [4.78, 5) is 18.1. The first-order valence-electron chi connectivity index (χ1n) is 15.7. The molecule has 0 saturated heterocycles. The molecule has 0 amide bonds. The van der Waals surface area contributed by atoms with Crippen molar-refractivity contribution in [3.8, 4) is 39.4 Å². The molecule has 1 atom stereocenters. The Morgan fingerprint density at radius 1 is 1.09 bits per heavy atom. The summed E-state index contributed by atoms with van der Waals surface area (Å²) in [6, 6.07) is 17.3. The van der Waals surface area contributed by atoms with Gasteiger partial charge in [-0.05, 0) is 76.8 Å². The minimum atomic E-state index is -1.41. The maximum absolute atomic E-state index is 15.9. The Bertz CT molecular complexity index is 2200. The van der Waals surface area contributed by atoms with Crippen LogP contribution < -0.4 is 4.74 Å². The number of halogens is 1. The summed E-state index contributed by atoms with van der Waals surface area (Å²) in [6.07, 6.45) is 1.80. The molecule has 0 saturated carbocycles. The predicted molar refractivity (Wildman–Crippen MR) is 178 cm³/mol. The third-order valence-electron chi connectivity index (χ3n) is 8.72. The fourth-order valence-corrected chi connectivity index (χ4v) is 6.62. The van der Waals surface area contributed by atoms with Crippen molar-refractivity contribution in [1.82, 2.24) is 24.4 Å². The Balaban J connectivity index is 1.63. The standard InChI is InChI=1S/C37H36FN5O4/c1-20-25-13-10-16-46-33(25)27(38)18-26(20)32-29(34(36(44)45)47-37(3,4)5)21(2)40-35-30(23-14-15-28-24(17-23)19-39-42(28)6)31(41-43(32)35)22-11-8-7-9-12-22/h7-9,11-12,14-15,17-19,34H,10,13,16H2,1-6H3,(H,44,45). The molecule has 1 N–H and O–H groups in total. The summed E-state index contributed by atoms with van der Waals surface area (Å²) >= 11 is 0. The van der Waals surface area contributed by atoms with Gasteiger partial charge in [-0.1, -0.05) is 36.4 Å². The highest BCUT2D eigenvalue weighted by Crippen LogP contribution is 2.44. The van der Waals surface area contributed by atoms with Gasteiger partial charge in [-0.2, -0.15) is 10.2 Å². The molecule has 0 radical (unpaired) electrons. The smallest absolute Gasteiger partial charge is 0.337 e. The highest BCUT2D eigenvalue weighted by Gasteiger charge is 2.35. The summed E-state index contributed by atoms with van der Waals surface area (Å²) in [7, 11) is 1.90. The molecule has 4 heterocycles. The van der Waals surface area contributed by atoms with Crippen molar-refractivity contribution in [2.45, 2.75) is 59.2 Å². The van der Waals surface area contributed by atoms with E-state index in [2.05, 4.69) is 11.2 Å². The van der Waals surface area contributed by atoms with Crippen LogP contribution in [0.25, 0.3) is 50.2 Å². The number of carbonyl (C=O) groups is 1. The van der Waals surface area contributed by atoms with Crippen LogP contribution in [0.15, 0.2) is 60.8 Å². The predicted octanol–water partition coefficient (Wildman–Crippen LogP) is 7.64. The molecule has 6 aromatic rings. The van der Waals surface area contributed by atoms with Crippen molar-refractivity contribution in [3.05, 3.63) is 89.0 Å². The number of fused-ring (bicyclic) bond motifs is 3. The quantitative estimate of drug-likeness (QED) is 0.201. The Morgan fingerprint density at radius 2 is 1.85 bits per heavy atom. The lowest BCUT2D eigenvalue weighted by Crippen LogP contribution is -2.29. The zero-order chi connectivity index (χ0) is 33.2. The van der Waals surface area contributed by atoms with Gasteiger partial charge in [0.05, 0.1) is 35.2 Å². The van der Waals surface area contributed by atoms with Crippen LogP contribution in [0.5, 0.6) is 5.75 Å². The van der Waals surface area contributed by atoms with E-state index in [9.17, 15) is 9.90 Å². The van der Waals surface area contributed by atoms with Crippen LogP contribution in [0.2, 0.25) is 0 Å². The van der Waals surface area contributed by atoms with Crippen LogP contribution in [0.4, 0.5) is 4.39 Å². The molecule has 3 aromatic heterocycles. The monoisotopic (exact) mass is 633 g/mol. The lowest BCUT2D eigenvalue weighted by atomic mass is 9.90. The van der Waals surface area contributed by atoms with Gasteiger partial charge >= 0.3 is 5.97 Å². The lowest BCUT2D eigenvalue weighted by molar-refractivity contribution is -0.160. The number of benzene rings is 3. The summed E-state index contributed by atoms with van der Waals surface area (Å²) in [5.41, 5.74) is 7.07. The first kappa shape index (κ1) is 30.6. The number of hydrogen-bond donors (Lipinski definition) is 1. The molecule has 1 aliphatic rings. The van der Waals surface area contributed by atoms with E-state index >= 15 is 4.39 Å². The highest BCUT2D eigenvalue weighted by atomic mass is 19.1. The number of carboxylic acids is 1. The maximum atomic E-state index is 15.9. The number of aromatic nitrogens is 5. The van der Waals surface area contributed by atoms with E-state index < -0.39 is 23.5 Å². The van der Waals surface area contributed by atoms with Crippen LogP contribution in [0.3, 0.4) is 0 Å². The van der Waals surface area contributed by atoms with E-state index in [1.807, 2.05) is 67.3 Å². The minimum Gasteiger partial charge on any atom is -0.490 e. The number of aryl methyl sites for hydroxylation is 2. The Morgan fingerprint density at radius 3 is 2.57 bits per heavy atom. The molecule has 1 unspecified atom stereocenters. The number of nitrogens with zero attached hydrogens (tertiary/aromatic N) is 5. The fraction of sp³-hybridized carbons (Fsp3) is 0.297. The average Bonchev–Trinajstić information content (AvgIpc) is 3.61. The molecule has 10 heteroatoms. The summed E-state index contributed by atoms with van der Waals surface area (Å²) in [5.74, 6) is -1.43. The third-order valence-corrected chi connectivity index (χ3v) is 8.72. The topological polar surface area (TPSA) is 104 Å². The molecule has 1 aliphatic heterocycles. The molecular weight excluding hydrogens is 597 g/mol. The molecule has 0 fully saturated rings. The van der Waals surface area contributed by atoms with Gasteiger partial charge in [0.15, 0.2) is 23.3 Å². The van der Waals surface area contributed by atoms with E-state index in [1.54, 1.807) is 32.2 Å². The molecule has 3 aromatic carbocycles. The minimum absolute atomic E-state index is 0.248. The van der Waals surface area contributed by atoms with Crippen molar-refractivity contribution in [2.75, 3.05) is 6.61 Å². The van der Waals surface area contributed by atoms with Gasteiger partial charge in [0.25, 0.3) is 0 Å². The van der Waals surface area contributed by atoms with E-state index in [4.69, 9.17) is 19.6 Å². The first-order chi connectivity index (χ1) is 22.4. The molecule has 47 heavy (non-hydrogen) atoms. The van der Waals surface area contributed by atoms with Crippen molar-refractivity contribution < 1.29 is 23.8 Å². The number of aliphatic carboxylic acids is 1. The van der Waals surface area contributed by atoms with Crippen LogP contribution in [0.1, 0.15) is 55.7 Å². The van der Waals surface area contributed by atoms with Crippen molar-refractivity contribution >= 4 is 22.5 Å². The van der Waals surface area contributed by atoms with Gasteiger partial charge in [0.2, 0.25) is 0 Å². The lowest BCUT2D eigenvalue weighted by Gasteiger charge is -2.28. The molecule has 7 rings (SSSR count). The molecule has 9 nitrogen and oxygen atoms in total. The zero-order valence-corrected chi connectivity index (χ0v) is 27.3. The largest absolute Gasteiger partial charge is 0.490 e.